The Labute approximate surface area is 160 Å². The van der Waals surface area contributed by atoms with Crippen molar-refractivity contribution in [1.82, 2.24) is 9.88 Å². The molecule has 2 aliphatic rings. The molecule has 2 saturated heterocycles. The highest BCUT2D eigenvalue weighted by atomic mass is 35.5. The maximum Gasteiger partial charge on any atom is 0.0746 e. The third-order valence-corrected chi connectivity index (χ3v) is 5.86. The zero-order valence-corrected chi connectivity index (χ0v) is 15.6. The lowest BCUT2D eigenvalue weighted by molar-refractivity contribution is 0.0818. The van der Waals surface area contributed by atoms with Crippen LogP contribution >= 0.6 is 11.6 Å². The van der Waals surface area contributed by atoms with E-state index in [9.17, 15) is 0 Å². The molecular formula is C21H25ClN2O2. The Morgan fingerprint density at radius 3 is 2.96 bits per heavy atom. The maximum atomic E-state index is 6.31. The van der Waals surface area contributed by atoms with Crippen LogP contribution in [0.5, 0.6) is 0 Å². The lowest BCUT2D eigenvalue weighted by Crippen LogP contribution is -2.24. The summed E-state index contributed by atoms with van der Waals surface area (Å²) in [7, 11) is 0. The van der Waals surface area contributed by atoms with Crippen LogP contribution in [0, 0.1) is 11.8 Å². The normalized spacial score (nSPS) is 25.5. The maximum absolute atomic E-state index is 6.31. The first-order chi connectivity index (χ1) is 12.8. The van der Waals surface area contributed by atoms with Gasteiger partial charge >= 0.3 is 0 Å². The topological polar surface area (TPSA) is 34.6 Å². The molecule has 2 aromatic rings. The number of rotatable bonds is 7. The van der Waals surface area contributed by atoms with Gasteiger partial charge in [-0.1, -0.05) is 35.9 Å². The standard InChI is InChI=1S/C21H25ClN2O2/c22-20-6-2-1-5-17(20)11-24-12-19-18(15-26-21(19)13-24)7-9-25-14-16-4-3-8-23-10-16/h1-6,8,10,18-19,21H,7,9,11-15H2/t18-,19-,21-/m0/s1. The zero-order valence-electron chi connectivity index (χ0n) is 14.9. The van der Waals surface area contributed by atoms with E-state index in [-0.39, 0.29) is 0 Å². The molecule has 0 spiro atoms. The molecule has 1 aromatic heterocycles. The molecule has 0 radical (unpaired) electrons. The van der Waals surface area contributed by atoms with Crippen molar-refractivity contribution < 1.29 is 9.47 Å². The summed E-state index contributed by atoms with van der Waals surface area (Å²) in [6, 6.07) is 12.1. The van der Waals surface area contributed by atoms with Crippen molar-refractivity contribution in [1.29, 1.82) is 0 Å². The molecule has 3 heterocycles. The van der Waals surface area contributed by atoms with Gasteiger partial charge in [-0.3, -0.25) is 9.88 Å². The summed E-state index contributed by atoms with van der Waals surface area (Å²) in [4.78, 5) is 6.59. The molecule has 3 atom stereocenters. The predicted molar refractivity (Wildman–Crippen MR) is 102 cm³/mol. The van der Waals surface area contributed by atoms with Crippen LogP contribution in [0.25, 0.3) is 0 Å². The highest BCUT2D eigenvalue weighted by Gasteiger charge is 2.43. The van der Waals surface area contributed by atoms with Crippen LogP contribution in [0.1, 0.15) is 17.5 Å². The van der Waals surface area contributed by atoms with Gasteiger partial charge in [-0.15, -0.1) is 0 Å². The number of ether oxygens (including phenoxy) is 2. The van der Waals surface area contributed by atoms with E-state index in [0.29, 0.717) is 24.5 Å². The van der Waals surface area contributed by atoms with Crippen LogP contribution in [0.15, 0.2) is 48.8 Å². The first-order valence-corrected chi connectivity index (χ1v) is 9.71. The average molecular weight is 373 g/mol. The smallest absolute Gasteiger partial charge is 0.0746 e. The van der Waals surface area contributed by atoms with E-state index >= 15 is 0 Å². The van der Waals surface area contributed by atoms with Gasteiger partial charge in [0.15, 0.2) is 0 Å². The van der Waals surface area contributed by atoms with Crippen molar-refractivity contribution in [3.05, 3.63) is 64.9 Å². The quantitative estimate of drug-likeness (QED) is 0.692. The lowest BCUT2D eigenvalue weighted by atomic mass is 9.91. The number of pyridine rings is 1. The third kappa shape index (κ3) is 4.26. The van der Waals surface area contributed by atoms with E-state index in [0.717, 1.165) is 49.9 Å². The first kappa shape index (κ1) is 17.9. The molecule has 0 saturated carbocycles. The van der Waals surface area contributed by atoms with Crippen molar-refractivity contribution in [2.24, 2.45) is 11.8 Å². The highest BCUT2D eigenvalue weighted by Crippen LogP contribution is 2.36. The first-order valence-electron chi connectivity index (χ1n) is 9.33. The van der Waals surface area contributed by atoms with E-state index < -0.39 is 0 Å². The second-order valence-corrected chi connectivity index (χ2v) is 7.69. The molecule has 0 bridgehead atoms. The van der Waals surface area contributed by atoms with Crippen LogP contribution in [-0.2, 0) is 22.6 Å². The Balaban J connectivity index is 1.24. The number of aromatic nitrogens is 1. The largest absolute Gasteiger partial charge is 0.377 e. The van der Waals surface area contributed by atoms with Gasteiger partial charge in [-0.25, -0.2) is 0 Å². The van der Waals surface area contributed by atoms with Gasteiger partial charge in [0.2, 0.25) is 0 Å². The summed E-state index contributed by atoms with van der Waals surface area (Å²) in [6.07, 6.45) is 5.06. The molecule has 0 aliphatic carbocycles. The Bertz CT molecular complexity index is 712. The molecule has 138 valence electrons. The number of hydrogen-bond donors (Lipinski definition) is 0. The number of hydrogen-bond acceptors (Lipinski definition) is 4. The molecular weight excluding hydrogens is 348 g/mol. The molecule has 0 N–H and O–H groups in total. The van der Waals surface area contributed by atoms with E-state index in [1.807, 2.05) is 30.5 Å². The van der Waals surface area contributed by atoms with E-state index in [1.54, 1.807) is 6.20 Å². The second-order valence-electron chi connectivity index (χ2n) is 7.28. The molecule has 2 aliphatic heterocycles. The van der Waals surface area contributed by atoms with Gasteiger partial charge in [-0.2, -0.15) is 0 Å². The van der Waals surface area contributed by atoms with Crippen molar-refractivity contribution in [3.8, 4) is 0 Å². The molecule has 1 aromatic carbocycles. The highest BCUT2D eigenvalue weighted by molar-refractivity contribution is 6.31. The zero-order chi connectivity index (χ0) is 17.8. The van der Waals surface area contributed by atoms with Crippen LogP contribution < -0.4 is 0 Å². The minimum atomic E-state index is 0.362. The van der Waals surface area contributed by atoms with Gasteiger partial charge < -0.3 is 9.47 Å². The molecule has 0 unspecified atom stereocenters. The van der Waals surface area contributed by atoms with E-state index in [2.05, 4.69) is 22.0 Å². The summed E-state index contributed by atoms with van der Waals surface area (Å²) < 4.78 is 11.9. The summed E-state index contributed by atoms with van der Waals surface area (Å²) in [5, 5.41) is 0.853. The third-order valence-electron chi connectivity index (χ3n) is 5.49. The van der Waals surface area contributed by atoms with Crippen LogP contribution in [-0.4, -0.2) is 42.3 Å². The molecule has 5 heteroatoms. The Kier molecular flexibility index (Phi) is 5.85. The summed E-state index contributed by atoms with van der Waals surface area (Å²) in [5.74, 6) is 1.20. The molecule has 2 fully saturated rings. The number of fused-ring (bicyclic) bond motifs is 1. The van der Waals surface area contributed by atoms with Crippen molar-refractivity contribution in [3.63, 3.8) is 0 Å². The number of likely N-dealkylation sites (tertiary alicyclic amines) is 1. The van der Waals surface area contributed by atoms with Gasteiger partial charge in [0.1, 0.15) is 0 Å². The lowest BCUT2D eigenvalue weighted by Gasteiger charge is -2.20. The van der Waals surface area contributed by atoms with Crippen molar-refractivity contribution >= 4 is 11.6 Å². The SMILES string of the molecule is Clc1ccccc1CN1C[C@H]2[C@@H](CCOCc3cccnc3)CO[C@H]2C1. The summed E-state index contributed by atoms with van der Waals surface area (Å²) in [5.41, 5.74) is 2.32. The Morgan fingerprint density at radius 2 is 2.12 bits per heavy atom. The van der Waals surface area contributed by atoms with Gasteiger partial charge in [0.25, 0.3) is 0 Å². The molecule has 0 amide bonds. The molecule has 26 heavy (non-hydrogen) atoms. The second kappa shape index (κ2) is 8.49. The summed E-state index contributed by atoms with van der Waals surface area (Å²) >= 11 is 6.31. The number of nitrogens with zero attached hydrogens (tertiary/aromatic N) is 2. The minimum Gasteiger partial charge on any atom is -0.377 e. The molecule has 4 nitrogen and oxygen atoms in total. The Morgan fingerprint density at radius 1 is 1.19 bits per heavy atom. The van der Waals surface area contributed by atoms with E-state index in [1.165, 1.54) is 5.56 Å². The Hall–Kier alpha value is -1.46. The fourth-order valence-electron chi connectivity index (χ4n) is 4.08. The fraction of sp³-hybridized carbons (Fsp3) is 0.476. The molecule has 4 rings (SSSR count). The van der Waals surface area contributed by atoms with Crippen LogP contribution in [0.3, 0.4) is 0 Å². The van der Waals surface area contributed by atoms with Crippen molar-refractivity contribution in [2.75, 3.05) is 26.3 Å². The van der Waals surface area contributed by atoms with E-state index in [4.69, 9.17) is 21.1 Å². The monoisotopic (exact) mass is 372 g/mol. The van der Waals surface area contributed by atoms with Gasteiger partial charge in [0.05, 0.1) is 19.3 Å². The fourth-order valence-corrected chi connectivity index (χ4v) is 4.28. The average Bonchev–Trinajstić information content (AvgIpc) is 3.22. The summed E-state index contributed by atoms with van der Waals surface area (Å²) in [6.45, 7) is 5.27. The van der Waals surface area contributed by atoms with Crippen LogP contribution in [0.2, 0.25) is 5.02 Å². The van der Waals surface area contributed by atoms with Gasteiger partial charge in [-0.05, 0) is 35.6 Å². The van der Waals surface area contributed by atoms with Crippen LogP contribution in [0.4, 0.5) is 0 Å². The van der Waals surface area contributed by atoms with Crippen molar-refractivity contribution in [2.45, 2.75) is 25.7 Å². The predicted octanol–water partition coefficient (Wildman–Crippen LogP) is 3.79. The van der Waals surface area contributed by atoms with Gasteiger partial charge in [0, 0.05) is 49.6 Å². The minimum absolute atomic E-state index is 0.362. The number of benzene rings is 1. The number of halogens is 1.